The first-order chi connectivity index (χ1) is 18.2. The van der Waals surface area contributed by atoms with Crippen LogP contribution >= 0.6 is 0 Å². The molecule has 2 aliphatic rings. The highest BCUT2D eigenvalue weighted by atomic mass is 16.5. The summed E-state index contributed by atoms with van der Waals surface area (Å²) in [6.45, 7) is 19.5. The Balaban J connectivity index is 1.37. The quantitative estimate of drug-likeness (QED) is 0.348. The number of hydrogen-bond donors (Lipinski definition) is 2. The summed E-state index contributed by atoms with van der Waals surface area (Å²) < 4.78 is 12.0. The van der Waals surface area contributed by atoms with Gasteiger partial charge in [-0.25, -0.2) is 0 Å². The number of ether oxygens (including phenoxy) is 2. The summed E-state index contributed by atoms with van der Waals surface area (Å²) in [5, 5.41) is 7.34. The second-order valence-electron chi connectivity index (χ2n) is 12.4. The van der Waals surface area contributed by atoms with Crippen LogP contribution < -0.4 is 10.6 Å². The fourth-order valence-electron chi connectivity index (χ4n) is 5.64. The molecule has 38 heavy (non-hydrogen) atoms. The van der Waals surface area contributed by atoms with Crippen molar-refractivity contribution in [3.05, 3.63) is 58.2 Å². The third kappa shape index (κ3) is 7.62. The van der Waals surface area contributed by atoms with Gasteiger partial charge in [-0.1, -0.05) is 53.7 Å². The zero-order chi connectivity index (χ0) is 27.2. The van der Waals surface area contributed by atoms with Crippen molar-refractivity contribution in [3.8, 4) is 0 Å². The van der Waals surface area contributed by atoms with Gasteiger partial charge in [0.15, 0.2) is 0 Å². The third-order valence-electron chi connectivity index (χ3n) is 8.05. The average molecular weight is 523 g/mol. The Hall–Kier alpha value is -1.86. The molecule has 2 saturated heterocycles. The van der Waals surface area contributed by atoms with E-state index in [9.17, 15) is 0 Å². The van der Waals surface area contributed by atoms with Crippen LogP contribution in [0.5, 0.6) is 0 Å². The molecule has 6 nitrogen and oxygen atoms in total. The molecule has 2 aliphatic heterocycles. The van der Waals surface area contributed by atoms with E-state index in [2.05, 4.69) is 83.4 Å². The molecule has 2 aromatic heterocycles. The first-order valence-electron chi connectivity index (χ1n) is 14.9. The Kier molecular flexibility index (Phi) is 10.3. The largest absolute Gasteiger partial charge is 0.381 e. The summed E-state index contributed by atoms with van der Waals surface area (Å²) in [5.41, 5.74) is 7.40. The van der Waals surface area contributed by atoms with Crippen molar-refractivity contribution in [2.75, 3.05) is 19.8 Å². The summed E-state index contributed by atoms with van der Waals surface area (Å²) in [6.07, 6.45) is 3.40. The highest BCUT2D eigenvalue weighted by molar-refractivity contribution is 5.30. The van der Waals surface area contributed by atoms with Gasteiger partial charge in [0.05, 0.1) is 30.7 Å². The lowest BCUT2D eigenvalue weighted by atomic mass is 9.92. The van der Waals surface area contributed by atoms with E-state index in [0.717, 1.165) is 52.2 Å². The molecule has 2 N–H and O–H groups in total. The van der Waals surface area contributed by atoms with Gasteiger partial charge in [-0.15, -0.1) is 0 Å². The molecule has 0 aromatic carbocycles. The molecule has 2 fully saturated rings. The molecule has 0 spiro atoms. The fourth-order valence-corrected chi connectivity index (χ4v) is 5.64. The van der Waals surface area contributed by atoms with E-state index >= 15 is 0 Å². The summed E-state index contributed by atoms with van der Waals surface area (Å²) in [4.78, 5) is 10.1. The molecule has 2 aromatic rings. The molecule has 4 heterocycles. The Labute approximate surface area is 230 Å². The average Bonchev–Trinajstić information content (AvgIpc) is 3.58. The predicted molar refractivity (Wildman–Crippen MR) is 155 cm³/mol. The van der Waals surface area contributed by atoms with E-state index in [1.807, 2.05) is 0 Å². The maximum atomic E-state index is 6.34. The standard InChI is InChI=1S/C32H50N4O2/c1-20(2)29-10-8-27(24-12-13-37-18-24)32(36-29)17-34-23(7)14-26-15-25(19-38-26)28-9-11-30(21(3)4)35-31(28)16-33-22(5)6/h8-11,20-26,33-34H,12-19H2,1-7H3/t23?,24-,25+,26?/m0/s1. The van der Waals surface area contributed by atoms with Crippen molar-refractivity contribution in [3.63, 3.8) is 0 Å². The third-order valence-corrected chi connectivity index (χ3v) is 8.05. The lowest BCUT2D eigenvalue weighted by molar-refractivity contribution is 0.0948. The minimum atomic E-state index is 0.260. The van der Waals surface area contributed by atoms with Crippen molar-refractivity contribution < 1.29 is 9.47 Å². The van der Waals surface area contributed by atoms with Crippen LogP contribution in [0.3, 0.4) is 0 Å². The van der Waals surface area contributed by atoms with Gasteiger partial charge in [0, 0.05) is 55.0 Å². The molecule has 0 aliphatic carbocycles. The van der Waals surface area contributed by atoms with Gasteiger partial charge < -0.3 is 20.1 Å². The van der Waals surface area contributed by atoms with Gasteiger partial charge in [0.2, 0.25) is 0 Å². The minimum absolute atomic E-state index is 0.260. The van der Waals surface area contributed by atoms with E-state index in [4.69, 9.17) is 19.4 Å². The van der Waals surface area contributed by atoms with Crippen LogP contribution in [-0.2, 0) is 22.6 Å². The SMILES string of the molecule is CC(C)NCc1nc(C(C)C)ccc1[C@H]1COC(CC(C)NCc2nc(C(C)C)ccc2[C@H]2CCOC2)C1. The van der Waals surface area contributed by atoms with Crippen LogP contribution in [0, 0.1) is 0 Å². The first-order valence-corrected chi connectivity index (χ1v) is 14.9. The fraction of sp³-hybridized carbons (Fsp3) is 0.688. The Morgan fingerprint density at radius 2 is 1.39 bits per heavy atom. The number of rotatable bonds is 12. The monoisotopic (exact) mass is 522 g/mol. The molecular weight excluding hydrogens is 472 g/mol. The number of nitrogens with zero attached hydrogens (tertiary/aromatic N) is 2. The van der Waals surface area contributed by atoms with Crippen molar-refractivity contribution >= 4 is 0 Å². The van der Waals surface area contributed by atoms with Gasteiger partial charge >= 0.3 is 0 Å². The van der Waals surface area contributed by atoms with Crippen LogP contribution in [0.2, 0.25) is 0 Å². The highest BCUT2D eigenvalue weighted by Gasteiger charge is 2.30. The van der Waals surface area contributed by atoms with Gasteiger partial charge in [-0.2, -0.15) is 0 Å². The van der Waals surface area contributed by atoms with Crippen LogP contribution in [0.25, 0.3) is 0 Å². The van der Waals surface area contributed by atoms with E-state index in [1.54, 1.807) is 0 Å². The van der Waals surface area contributed by atoms with Gasteiger partial charge in [0.1, 0.15) is 0 Å². The summed E-state index contributed by atoms with van der Waals surface area (Å²) in [6, 6.07) is 9.79. The molecule has 4 atom stereocenters. The van der Waals surface area contributed by atoms with Gasteiger partial charge in [-0.05, 0) is 61.3 Å². The number of hydrogen-bond acceptors (Lipinski definition) is 6. The summed E-state index contributed by atoms with van der Waals surface area (Å²) >= 11 is 0. The highest BCUT2D eigenvalue weighted by Crippen LogP contribution is 2.34. The van der Waals surface area contributed by atoms with E-state index in [0.29, 0.717) is 35.8 Å². The van der Waals surface area contributed by atoms with E-state index in [-0.39, 0.29) is 6.10 Å². The van der Waals surface area contributed by atoms with Crippen molar-refractivity contribution in [2.45, 2.75) is 123 Å². The smallest absolute Gasteiger partial charge is 0.0596 e. The molecule has 0 radical (unpaired) electrons. The zero-order valence-electron chi connectivity index (χ0n) is 24.7. The number of aromatic nitrogens is 2. The molecule has 4 rings (SSSR count). The van der Waals surface area contributed by atoms with Gasteiger partial charge in [-0.3, -0.25) is 9.97 Å². The van der Waals surface area contributed by atoms with Gasteiger partial charge in [0.25, 0.3) is 0 Å². The first kappa shape index (κ1) is 29.1. The normalized spacial score (nSPS) is 22.7. The summed E-state index contributed by atoms with van der Waals surface area (Å²) in [7, 11) is 0. The maximum absolute atomic E-state index is 6.34. The van der Waals surface area contributed by atoms with E-state index in [1.165, 1.54) is 33.9 Å². The topological polar surface area (TPSA) is 68.3 Å². The second-order valence-corrected chi connectivity index (χ2v) is 12.4. The van der Waals surface area contributed by atoms with Crippen LogP contribution in [0.15, 0.2) is 24.3 Å². The van der Waals surface area contributed by atoms with Crippen molar-refractivity contribution in [2.24, 2.45) is 0 Å². The Bertz CT molecular complexity index is 1030. The minimum Gasteiger partial charge on any atom is -0.381 e. The molecule has 2 unspecified atom stereocenters. The van der Waals surface area contributed by atoms with Crippen molar-refractivity contribution in [1.82, 2.24) is 20.6 Å². The molecule has 6 heteroatoms. The predicted octanol–water partition coefficient (Wildman–Crippen LogP) is 6.17. The number of pyridine rings is 2. The van der Waals surface area contributed by atoms with Crippen LogP contribution in [-0.4, -0.2) is 48.0 Å². The lowest BCUT2D eigenvalue weighted by Gasteiger charge is -2.21. The maximum Gasteiger partial charge on any atom is 0.0596 e. The van der Waals surface area contributed by atoms with Crippen LogP contribution in [0.1, 0.15) is 125 Å². The zero-order valence-corrected chi connectivity index (χ0v) is 24.7. The second kappa shape index (κ2) is 13.5. The molecule has 0 bridgehead atoms. The summed E-state index contributed by atoms with van der Waals surface area (Å²) in [5.74, 6) is 1.72. The molecule has 210 valence electrons. The Morgan fingerprint density at radius 1 is 0.789 bits per heavy atom. The number of nitrogens with one attached hydrogen (secondary N) is 2. The van der Waals surface area contributed by atoms with E-state index < -0.39 is 0 Å². The Morgan fingerprint density at radius 3 is 1.95 bits per heavy atom. The molecule has 0 saturated carbocycles. The molecule has 0 amide bonds. The van der Waals surface area contributed by atoms with Crippen molar-refractivity contribution in [1.29, 1.82) is 0 Å². The van der Waals surface area contributed by atoms with Crippen LogP contribution in [0.4, 0.5) is 0 Å². The molecular formula is C32H50N4O2. The lowest BCUT2D eigenvalue weighted by Crippen LogP contribution is -2.30.